The summed E-state index contributed by atoms with van der Waals surface area (Å²) >= 11 is 1.58. The molecule has 0 aromatic rings. The SMILES string of the molecule is C[Si](C)(C)C1=[C-]CC([Si](C)(C)C)=C1.C[Si](C)(C)C1=[C-]CC([Si](C)(C)C)=C1.Cl.Cl.[CH3-].[CH3-].[SiH2]=[Zr]. The van der Waals surface area contributed by atoms with Gasteiger partial charge in [-0.05, 0) is 0 Å². The van der Waals surface area contributed by atoms with Crippen molar-refractivity contribution in [3.05, 3.63) is 59.9 Å². The number of halogens is 2. The molecule has 0 amide bonds. The number of rotatable bonds is 4. The Hall–Kier alpha value is 1.51. The molecule has 190 valence electrons. The van der Waals surface area contributed by atoms with Gasteiger partial charge in [-0.3, -0.25) is 12.2 Å². The summed E-state index contributed by atoms with van der Waals surface area (Å²) in [6, 6.07) is 0. The normalized spacial score (nSPS) is 15.2. The molecule has 0 bridgehead atoms. The van der Waals surface area contributed by atoms with Gasteiger partial charge in [-0.15, -0.1) is 37.7 Å². The van der Waals surface area contributed by atoms with Gasteiger partial charge in [0.25, 0.3) is 0 Å². The summed E-state index contributed by atoms with van der Waals surface area (Å²) < 4.78 is 0. The van der Waals surface area contributed by atoms with Gasteiger partial charge in [-0.2, -0.15) is 10.4 Å². The number of hydrogen-bond acceptors (Lipinski definition) is 0. The van der Waals surface area contributed by atoms with E-state index in [1.807, 2.05) is 6.88 Å². The van der Waals surface area contributed by atoms with Crippen LogP contribution in [0.4, 0.5) is 0 Å². The molecular formula is C24H52Cl2Si5Zr-4. The van der Waals surface area contributed by atoms with Gasteiger partial charge < -0.3 is 14.9 Å². The van der Waals surface area contributed by atoms with E-state index in [1.165, 1.54) is 0 Å². The van der Waals surface area contributed by atoms with Crippen molar-refractivity contribution in [1.82, 2.24) is 0 Å². The summed E-state index contributed by atoms with van der Waals surface area (Å²) in [5.41, 5.74) is 0. The quantitative estimate of drug-likeness (QED) is 0.213. The molecule has 2 rings (SSSR count). The molecule has 0 N–H and O–H groups in total. The van der Waals surface area contributed by atoms with E-state index in [2.05, 4.69) is 103 Å². The van der Waals surface area contributed by atoms with Crippen LogP contribution in [0.15, 0.2) is 32.9 Å². The molecule has 0 unspecified atom stereocenters. The zero-order chi connectivity index (χ0) is 22.6. The molecular weight excluding hydrogens is 591 g/mol. The van der Waals surface area contributed by atoms with Crippen molar-refractivity contribution in [3.63, 3.8) is 0 Å². The van der Waals surface area contributed by atoms with E-state index in [9.17, 15) is 0 Å². The molecule has 0 fully saturated rings. The minimum absolute atomic E-state index is 0. The van der Waals surface area contributed by atoms with Crippen molar-refractivity contribution in [1.29, 1.82) is 0 Å². The first kappa shape index (κ1) is 43.6. The van der Waals surface area contributed by atoms with Gasteiger partial charge >= 0.3 is 30.2 Å². The fourth-order valence-electron chi connectivity index (χ4n) is 2.86. The Morgan fingerprint density at radius 3 is 0.875 bits per heavy atom. The van der Waals surface area contributed by atoms with Gasteiger partial charge in [-0.1, -0.05) is 78.6 Å². The van der Waals surface area contributed by atoms with E-state index >= 15 is 0 Å². The summed E-state index contributed by atoms with van der Waals surface area (Å²) in [7, 11) is -4.28. The van der Waals surface area contributed by atoms with Gasteiger partial charge in [0, 0.05) is 16.1 Å². The van der Waals surface area contributed by atoms with Crippen LogP contribution in [0.5, 0.6) is 0 Å². The van der Waals surface area contributed by atoms with Crippen LogP contribution in [-0.2, 0) is 23.3 Å². The molecule has 0 saturated carbocycles. The van der Waals surface area contributed by atoms with Gasteiger partial charge in [0.1, 0.15) is 0 Å². The van der Waals surface area contributed by atoms with Crippen LogP contribution < -0.4 is 0 Å². The fourth-order valence-corrected chi connectivity index (χ4v) is 7.99. The second-order valence-corrected chi connectivity index (χ2v) is 32.2. The molecule has 0 radical (unpaired) electrons. The maximum atomic E-state index is 3.57. The Balaban J connectivity index is -0.000000126. The third-order valence-corrected chi connectivity index (χ3v) is 13.5. The van der Waals surface area contributed by atoms with Gasteiger partial charge in [0.05, 0.1) is 16.1 Å². The van der Waals surface area contributed by atoms with Crippen LogP contribution >= 0.6 is 24.8 Å². The van der Waals surface area contributed by atoms with Crippen LogP contribution in [0.1, 0.15) is 12.8 Å². The number of hydrogen-bond donors (Lipinski definition) is 0. The molecule has 0 nitrogen and oxygen atoms in total. The molecule has 2 aliphatic rings. The Bertz CT molecular complexity index is 610. The second-order valence-electron chi connectivity index (χ2n) is 11.9. The van der Waals surface area contributed by atoms with Crippen molar-refractivity contribution >= 4 is 64.0 Å². The van der Waals surface area contributed by atoms with Gasteiger partial charge in [0.2, 0.25) is 0 Å². The van der Waals surface area contributed by atoms with Gasteiger partial charge in [-0.25, -0.2) is 22.5 Å². The van der Waals surface area contributed by atoms with E-state index in [0.717, 1.165) is 12.8 Å². The minimum atomic E-state index is -1.09. The molecule has 8 heteroatoms. The summed E-state index contributed by atoms with van der Waals surface area (Å²) in [5.74, 6) is 0. The maximum absolute atomic E-state index is 3.57. The van der Waals surface area contributed by atoms with E-state index < -0.39 is 32.3 Å². The molecule has 0 aromatic carbocycles. The predicted octanol–water partition coefficient (Wildman–Crippen LogP) is 8.43. The molecule has 0 saturated heterocycles. The molecule has 0 heterocycles. The van der Waals surface area contributed by atoms with Crippen molar-refractivity contribution in [2.45, 2.75) is 91.4 Å². The molecule has 0 spiro atoms. The molecule has 0 aromatic heterocycles. The summed E-state index contributed by atoms with van der Waals surface area (Å²) in [6.45, 7) is 30.9. The Labute approximate surface area is 236 Å². The van der Waals surface area contributed by atoms with Crippen molar-refractivity contribution in [2.24, 2.45) is 0 Å². The standard InChI is InChI=1S/2C11H21Si2.2CH3.2ClH.H2Si.Zr/c2*1-12(2,3)10-7-8-11(9-10)13(4,5)6;;;;;;/h2*9H,7H2,1-6H3;2*1H3;2*1H;1H2;/q4*-1;;;;. The average Bonchev–Trinajstić information content (AvgIpc) is 3.17. The van der Waals surface area contributed by atoms with Crippen molar-refractivity contribution in [3.8, 4) is 0 Å². The molecule has 0 aliphatic heterocycles. The fraction of sp³-hybridized carbons (Fsp3) is 0.583. The Kier molecular flexibility index (Phi) is 23.2. The van der Waals surface area contributed by atoms with E-state index in [-0.39, 0.29) is 39.7 Å². The predicted molar refractivity (Wildman–Crippen MR) is 168 cm³/mol. The van der Waals surface area contributed by atoms with Crippen LogP contribution in [0, 0.1) is 27.0 Å². The first-order valence-corrected chi connectivity index (χ1v) is 30.3. The van der Waals surface area contributed by atoms with E-state index in [0.29, 0.717) is 0 Å². The summed E-state index contributed by atoms with van der Waals surface area (Å²) in [4.78, 5) is 0. The van der Waals surface area contributed by atoms with Crippen LogP contribution in [0.25, 0.3) is 0 Å². The van der Waals surface area contributed by atoms with E-state index in [4.69, 9.17) is 0 Å². The first-order chi connectivity index (χ1) is 12.4. The third-order valence-electron chi connectivity index (χ3n) is 5.12. The van der Waals surface area contributed by atoms with Gasteiger partial charge in [0.15, 0.2) is 0 Å². The first-order valence-electron chi connectivity index (χ1n) is 10.4. The Morgan fingerprint density at radius 2 is 0.781 bits per heavy atom. The van der Waals surface area contributed by atoms with Crippen LogP contribution in [0.3, 0.4) is 0 Å². The molecule has 2 aliphatic carbocycles. The zero-order valence-corrected chi connectivity index (χ0v) is 33.1. The average molecular weight is 643 g/mol. The van der Waals surface area contributed by atoms with Crippen LogP contribution in [-0.4, -0.2) is 39.2 Å². The number of allylic oxidation sites excluding steroid dienone is 8. The van der Waals surface area contributed by atoms with Crippen molar-refractivity contribution in [2.75, 3.05) is 0 Å². The topological polar surface area (TPSA) is 0 Å². The van der Waals surface area contributed by atoms with Crippen molar-refractivity contribution < 1.29 is 23.3 Å². The molecule has 32 heavy (non-hydrogen) atoms. The third kappa shape index (κ3) is 15.5. The summed E-state index contributed by atoms with van der Waals surface area (Å²) in [5, 5.41) is 6.46. The molecule has 0 atom stereocenters. The monoisotopic (exact) mass is 640 g/mol. The van der Waals surface area contributed by atoms with Crippen LogP contribution in [0.2, 0.25) is 78.6 Å². The summed E-state index contributed by atoms with van der Waals surface area (Å²) in [6.07, 6.45) is 14.3. The van der Waals surface area contributed by atoms with E-state index in [1.54, 1.807) is 44.1 Å². The zero-order valence-electron chi connectivity index (χ0n) is 23.6. The second kappa shape index (κ2) is 17.0. The Morgan fingerprint density at radius 1 is 0.562 bits per heavy atom.